The molecule has 9 heteroatoms. The molecule has 1 aromatic carbocycles. The molecule has 0 fully saturated rings. The normalized spacial score (nSPS) is 21.8. The molecule has 2 unspecified atom stereocenters. The number of imidazole rings is 1. The highest BCUT2D eigenvalue weighted by atomic mass is 35.5. The van der Waals surface area contributed by atoms with E-state index in [2.05, 4.69) is 10.3 Å². The minimum absolute atomic E-state index is 0.00438. The molecule has 2 aliphatic rings. The molecular formula is C18H17ClF3N3O2. The average Bonchev–Trinajstić information content (AvgIpc) is 3.04. The van der Waals surface area contributed by atoms with Crippen LogP contribution in [0.5, 0.6) is 5.75 Å². The van der Waals surface area contributed by atoms with E-state index in [0.717, 1.165) is 11.3 Å². The van der Waals surface area contributed by atoms with Gasteiger partial charge in [0.25, 0.3) is 5.91 Å². The van der Waals surface area contributed by atoms with Crippen molar-refractivity contribution < 1.29 is 22.7 Å². The summed E-state index contributed by atoms with van der Waals surface area (Å²) < 4.78 is 45.8. The topological polar surface area (TPSA) is 56.1 Å². The third-order valence-corrected chi connectivity index (χ3v) is 5.19. The van der Waals surface area contributed by atoms with E-state index >= 15 is 0 Å². The molecule has 0 aliphatic carbocycles. The first kappa shape index (κ1) is 18.2. The van der Waals surface area contributed by atoms with Crippen LogP contribution >= 0.6 is 11.6 Å². The quantitative estimate of drug-likeness (QED) is 0.842. The van der Waals surface area contributed by atoms with Crippen LogP contribution in [0.3, 0.4) is 0 Å². The first-order valence-corrected chi connectivity index (χ1v) is 9.02. The number of carbonyl (C=O) groups excluding carboxylic acids is 1. The summed E-state index contributed by atoms with van der Waals surface area (Å²) in [5.74, 6) is -0.569. The number of benzene rings is 1. The lowest BCUT2D eigenvalue weighted by Crippen LogP contribution is -2.42. The fraction of sp³-hybridized carbons (Fsp3) is 0.444. The lowest BCUT2D eigenvalue weighted by atomic mass is 9.99. The van der Waals surface area contributed by atoms with Gasteiger partial charge in [-0.25, -0.2) is 4.98 Å². The zero-order chi connectivity index (χ0) is 19.2. The molecular weight excluding hydrogens is 383 g/mol. The molecule has 0 saturated heterocycles. The van der Waals surface area contributed by atoms with Gasteiger partial charge in [-0.3, -0.25) is 4.79 Å². The molecule has 1 aromatic heterocycles. The number of amides is 1. The number of nitrogens with one attached hydrogen (secondary N) is 1. The molecule has 0 saturated carbocycles. The van der Waals surface area contributed by atoms with Crippen LogP contribution in [0.4, 0.5) is 13.2 Å². The molecule has 5 nitrogen and oxygen atoms in total. The summed E-state index contributed by atoms with van der Waals surface area (Å²) >= 11 is 5.99. The molecule has 2 aliphatic heterocycles. The molecule has 1 N–H and O–H groups in total. The van der Waals surface area contributed by atoms with E-state index in [0.29, 0.717) is 23.9 Å². The molecule has 0 radical (unpaired) electrons. The Hall–Kier alpha value is -2.22. The van der Waals surface area contributed by atoms with Gasteiger partial charge in [-0.05, 0) is 36.6 Å². The minimum Gasteiger partial charge on any atom is -0.491 e. The van der Waals surface area contributed by atoms with Crippen LogP contribution in [0, 0.1) is 5.92 Å². The number of alkyl halides is 3. The predicted octanol–water partition coefficient (Wildman–Crippen LogP) is 3.39. The second-order valence-corrected chi connectivity index (χ2v) is 7.35. The van der Waals surface area contributed by atoms with Gasteiger partial charge < -0.3 is 14.6 Å². The van der Waals surface area contributed by atoms with Crippen molar-refractivity contribution in [2.24, 2.45) is 5.92 Å². The fourth-order valence-corrected chi connectivity index (χ4v) is 3.73. The zero-order valence-electron chi connectivity index (χ0n) is 14.2. The Morgan fingerprint density at radius 3 is 2.96 bits per heavy atom. The number of halogens is 4. The maximum absolute atomic E-state index is 12.9. The maximum Gasteiger partial charge on any atom is 0.393 e. The van der Waals surface area contributed by atoms with Crippen LogP contribution in [0.25, 0.3) is 0 Å². The SMILES string of the molecule is O=C(NC1COc2ccc(Cl)cc2C1)c1cn2c(n1)CCC(C(F)(F)F)C2. The summed E-state index contributed by atoms with van der Waals surface area (Å²) in [6, 6.07) is 5.06. The Morgan fingerprint density at radius 2 is 2.19 bits per heavy atom. The lowest BCUT2D eigenvalue weighted by Gasteiger charge is -2.26. The molecule has 0 bridgehead atoms. The van der Waals surface area contributed by atoms with E-state index < -0.39 is 18.0 Å². The van der Waals surface area contributed by atoms with Gasteiger partial charge in [-0.15, -0.1) is 0 Å². The lowest BCUT2D eigenvalue weighted by molar-refractivity contribution is -0.182. The van der Waals surface area contributed by atoms with Crippen LogP contribution < -0.4 is 10.1 Å². The van der Waals surface area contributed by atoms with Crippen molar-refractivity contribution in [3.05, 3.63) is 46.5 Å². The minimum atomic E-state index is -4.24. The third kappa shape index (κ3) is 3.76. The monoisotopic (exact) mass is 399 g/mol. The summed E-state index contributed by atoms with van der Waals surface area (Å²) in [6.45, 7) is 0.113. The third-order valence-electron chi connectivity index (χ3n) is 4.95. The Kier molecular flexibility index (Phi) is 4.53. The van der Waals surface area contributed by atoms with E-state index in [1.165, 1.54) is 10.8 Å². The van der Waals surface area contributed by atoms with Crippen LogP contribution in [-0.4, -0.2) is 34.3 Å². The number of fused-ring (bicyclic) bond motifs is 2. The van der Waals surface area contributed by atoms with Gasteiger partial charge >= 0.3 is 6.18 Å². The molecule has 27 heavy (non-hydrogen) atoms. The first-order chi connectivity index (χ1) is 12.8. The van der Waals surface area contributed by atoms with E-state index in [1.807, 2.05) is 0 Å². The summed E-state index contributed by atoms with van der Waals surface area (Å²) in [6.07, 6.45) is -2.08. The molecule has 3 heterocycles. The number of aryl methyl sites for hydroxylation is 1. The Bertz CT molecular complexity index is 881. The van der Waals surface area contributed by atoms with Crippen molar-refractivity contribution >= 4 is 17.5 Å². The van der Waals surface area contributed by atoms with Gasteiger partial charge in [0.1, 0.15) is 23.9 Å². The number of hydrogen-bond acceptors (Lipinski definition) is 3. The van der Waals surface area contributed by atoms with Gasteiger partial charge in [0.2, 0.25) is 0 Å². The molecule has 144 valence electrons. The van der Waals surface area contributed by atoms with Crippen LogP contribution in [0.2, 0.25) is 5.02 Å². The van der Waals surface area contributed by atoms with Gasteiger partial charge in [0.05, 0.1) is 12.0 Å². The van der Waals surface area contributed by atoms with Crippen molar-refractivity contribution in [1.82, 2.24) is 14.9 Å². The molecule has 1 amide bonds. The van der Waals surface area contributed by atoms with Crippen LogP contribution in [0.1, 0.15) is 28.3 Å². The fourth-order valence-electron chi connectivity index (χ4n) is 3.54. The van der Waals surface area contributed by atoms with Crippen LogP contribution in [-0.2, 0) is 19.4 Å². The second-order valence-electron chi connectivity index (χ2n) is 6.91. The largest absolute Gasteiger partial charge is 0.491 e. The molecule has 2 aromatic rings. The van der Waals surface area contributed by atoms with E-state index in [9.17, 15) is 18.0 Å². The Morgan fingerprint density at radius 1 is 1.37 bits per heavy atom. The number of ether oxygens (including phenoxy) is 1. The number of rotatable bonds is 2. The van der Waals surface area contributed by atoms with Crippen molar-refractivity contribution in [2.75, 3.05) is 6.61 Å². The smallest absolute Gasteiger partial charge is 0.393 e. The zero-order valence-corrected chi connectivity index (χ0v) is 15.0. The maximum atomic E-state index is 12.9. The highest BCUT2D eigenvalue weighted by Gasteiger charge is 2.41. The van der Waals surface area contributed by atoms with Crippen molar-refractivity contribution in [3.63, 3.8) is 0 Å². The van der Waals surface area contributed by atoms with E-state index in [-0.39, 0.29) is 31.1 Å². The van der Waals surface area contributed by atoms with Crippen molar-refractivity contribution in [3.8, 4) is 5.75 Å². The van der Waals surface area contributed by atoms with Crippen molar-refractivity contribution in [2.45, 2.75) is 38.0 Å². The highest BCUT2D eigenvalue weighted by Crippen LogP contribution is 2.34. The number of aromatic nitrogens is 2. The number of nitrogens with zero attached hydrogens (tertiary/aromatic N) is 2. The van der Waals surface area contributed by atoms with E-state index in [4.69, 9.17) is 16.3 Å². The molecule has 4 rings (SSSR count). The second kappa shape index (κ2) is 6.74. The Balaban J connectivity index is 1.44. The summed E-state index contributed by atoms with van der Waals surface area (Å²) in [5.41, 5.74) is 1.03. The van der Waals surface area contributed by atoms with Crippen LogP contribution in [0.15, 0.2) is 24.4 Å². The van der Waals surface area contributed by atoms with Gasteiger partial charge in [-0.2, -0.15) is 13.2 Å². The predicted molar refractivity (Wildman–Crippen MR) is 92.0 cm³/mol. The highest BCUT2D eigenvalue weighted by molar-refractivity contribution is 6.30. The molecule has 2 atom stereocenters. The van der Waals surface area contributed by atoms with Gasteiger partial charge in [-0.1, -0.05) is 11.6 Å². The van der Waals surface area contributed by atoms with Gasteiger partial charge in [0, 0.05) is 24.2 Å². The number of hydrogen-bond donors (Lipinski definition) is 1. The Labute approximate surface area is 158 Å². The summed E-state index contributed by atoms with van der Waals surface area (Å²) in [4.78, 5) is 16.7. The summed E-state index contributed by atoms with van der Waals surface area (Å²) in [7, 11) is 0. The number of carbonyl (C=O) groups is 1. The first-order valence-electron chi connectivity index (χ1n) is 8.64. The van der Waals surface area contributed by atoms with Gasteiger partial charge in [0.15, 0.2) is 0 Å². The average molecular weight is 400 g/mol. The van der Waals surface area contributed by atoms with Crippen molar-refractivity contribution in [1.29, 1.82) is 0 Å². The summed E-state index contributed by atoms with van der Waals surface area (Å²) in [5, 5.41) is 3.43. The molecule has 0 spiro atoms. The van der Waals surface area contributed by atoms with E-state index in [1.54, 1.807) is 18.2 Å². The standard InChI is InChI=1S/C18H17ClF3N3O2/c19-12-2-3-15-10(5-12)6-13(9-27-15)23-17(26)14-8-25-7-11(18(20,21)22)1-4-16(25)24-14/h2-3,5,8,11,13H,1,4,6-7,9H2,(H,23,26).